The largest absolute Gasteiger partial charge is 0.480 e. The van der Waals surface area contributed by atoms with E-state index in [1.807, 2.05) is 0 Å². The van der Waals surface area contributed by atoms with Gasteiger partial charge in [0.25, 0.3) is 0 Å². The van der Waals surface area contributed by atoms with E-state index in [4.69, 9.17) is 0 Å². The molecule has 7 heteroatoms. The molecule has 1 aromatic rings. The van der Waals surface area contributed by atoms with Crippen LogP contribution in [0.4, 0.5) is 0 Å². The molecule has 1 aliphatic rings. The second-order valence-corrected chi connectivity index (χ2v) is 7.43. The van der Waals surface area contributed by atoms with Gasteiger partial charge in [-0.25, -0.2) is 8.42 Å². The lowest BCUT2D eigenvalue weighted by atomic mass is 10.2. The molecule has 0 amide bonds. The number of carbonyl (C=O) groups excluding carboxylic acids is 1. The molecule has 2 rings (SSSR count). The SMILES string of the molecule is CC(=O)CN1C[C@H](S(=O)(=O)c2ccccc2)C[C@H]1C(=O)O. The fourth-order valence-corrected chi connectivity index (χ4v) is 4.35. The van der Waals surface area contributed by atoms with Gasteiger partial charge in [-0.1, -0.05) is 18.2 Å². The number of ketones is 1. The number of hydrogen-bond donors (Lipinski definition) is 1. The van der Waals surface area contributed by atoms with Crippen LogP contribution < -0.4 is 0 Å². The average molecular weight is 311 g/mol. The molecule has 21 heavy (non-hydrogen) atoms. The van der Waals surface area contributed by atoms with Crippen molar-refractivity contribution in [3.63, 3.8) is 0 Å². The molecule has 0 unspecified atom stereocenters. The Balaban J connectivity index is 2.26. The van der Waals surface area contributed by atoms with Crippen LogP contribution >= 0.6 is 0 Å². The molecule has 1 aromatic carbocycles. The van der Waals surface area contributed by atoms with Gasteiger partial charge in [0.05, 0.1) is 16.7 Å². The van der Waals surface area contributed by atoms with Gasteiger partial charge in [-0.15, -0.1) is 0 Å². The molecule has 114 valence electrons. The smallest absolute Gasteiger partial charge is 0.320 e. The number of carbonyl (C=O) groups is 2. The van der Waals surface area contributed by atoms with Crippen LogP contribution in [0.1, 0.15) is 13.3 Å². The van der Waals surface area contributed by atoms with Gasteiger partial charge in [-0.2, -0.15) is 0 Å². The molecule has 0 aromatic heterocycles. The number of likely N-dealkylation sites (tertiary alicyclic amines) is 1. The number of hydrogen-bond acceptors (Lipinski definition) is 5. The Morgan fingerprint density at radius 3 is 2.43 bits per heavy atom. The number of benzene rings is 1. The van der Waals surface area contributed by atoms with E-state index in [1.54, 1.807) is 18.2 Å². The van der Waals surface area contributed by atoms with Crippen LogP contribution in [0.2, 0.25) is 0 Å². The minimum absolute atomic E-state index is 0.000158. The monoisotopic (exact) mass is 311 g/mol. The van der Waals surface area contributed by atoms with Crippen molar-refractivity contribution in [3.8, 4) is 0 Å². The van der Waals surface area contributed by atoms with Crippen molar-refractivity contribution < 1.29 is 23.1 Å². The maximum absolute atomic E-state index is 12.5. The number of carboxylic acid groups (broad SMARTS) is 1. The molecular formula is C14H17NO5S. The van der Waals surface area contributed by atoms with Crippen molar-refractivity contribution in [2.24, 2.45) is 0 Å². The van der Waals surface area contributed by atoms with Crippen LogP contribution in [-0.2, 0) is 19.4 Å². The van der Waals surface area contributed by atoms with Crippen molar-refractivity contribution in [3.05, 3.63) is 30.3 Å². The highest BCUT2D eigenvalue weighted by atomic mass is 32.2. The minimum atomic E-state index is -3.59. The molecule has 0 bridgehead atoms. The summed E-state index contributed by atoms with van der Waals surface area (Å²) in [5.41, 5.74) is 0. The molecule has 6 nitrogen and oxygen atoms in total. The molecule has 2 atom stereocenters. The van der Waals surface area contributed by atoms with Crippen LogP contribution in [0.3, 0.4) is 0 Å². The van der Waals surface area contributed by atoms with Crippen LogP contribution in [0.25, 0.3) is 0 Å². The molecule has 1 N–H and O–H groups in total. The summed E-state index contributed by atoms with van der Waals surface area (Å²) < 4.78 is 25.1. The maximum Gasteiger partial charge on any atom is 0.320 e. The number of nitrogens with zero attached hydrogens (tertiary/aromatic N) is 1. The Bertz CT molecular complexity index is 641. The van der Waals surface area contributed by atoms with Crippen LogP contribution in [0, 0.1) is 0 Å². The lowest BCUT2D eigenvalue weighted by molar-refractivity contribution is -0.142. The zero-order chi connectivity index (χ0) is 15.6. The first-order chi connectivity index (χ1) is 9.82. The standard InChI is InChI=1S/C14H17NO5S/c1-10(16)8-15-9-12(7-13(15)14(17)18)21(19,20)11-5-3-2-4-6-11/h2-6,12-13H,7-9H2,1H3,(H,17,18)/t12-,13+/m1/s1. The number of sulfone groups is 1. The number of aliphatic carboxylic acids is 1. The third-order valence-electron chi connectivity index (χ3n) is 3.59. The topological polar surface area (TPSA) is 91.8 Å². The van der Waals surface area contributed by atoms with Crippen molar-refractivity contribution >= 4 is 21.6 Å². The first-order valence-electron chi connectivity index (χ1n) is 6.57. The molecule has 1 fully saturated rings. The van der Waals surface area contributed by atoms with Crippen molar-refractivity contribution in [2.75, 3.05) is 13.1 Å². The highest BCUT2D eigenvalue weighted by Crippen LogP contribution is 2.28. The Morgan fingerprint density at radius 1 is 1.29 bits per heavy atom. The molecular weight excluding hydrogens is 294 g/mol. The molecule has 0 spiro atoms. The summed E-state index contributed by atoms with van der Waals surface area (Å²) in [6.45, 7) is 1.38. The normalized spacial score (nSPS) is 23.1. The van der Waals surface area contributed by atoms with E-state index >= 15 is 0 Å². The quantitative estimate of drug-likeness (QED) is 0.855. The van der Waals surface area contributed by atoms with Crippen molar-refractivity contribution in [2.45, 2.75) is 29.5 Å². The lowest BCUT2D eigenvalue weighted by Crippen LogP contribution is -2.39. The fraction of sp³-hybridized carbons (Fsp3) is 0.429. The van der Waals surface area contributed by atoms with Crippen LogP contribution in [0.5, 0.6) is 0 Å². The Hall–Kier alpha value is -1.73. The first-order valence-corrected chi connectivity index (χ1v) is 8.12. The van der Waals surface area contributed by atoms with Gasteiger partial charge in [0.1, 0.15) is 11.8 Å². The summed E-state index contributed by atoms with van der Waals surface area (Å²) in [5, 5.41) is 8.40. The van der Waals surface area contributed by atoms with Gasteiger partial charge < -0.3 is 5.11 Å². The summed E-state index contributed by atoms with van der Waals surface area (Å²) in [5.74, 6) is -1.28. The van der Waals surface area contributed by atoms with Crippen molar-refractivity contribution in [1.82, 2.24) is 4.90 Å². The predicted molar refractivity (Wildman–Crippen MR) is 75.7 cm³/mol. The predicted octanol–water partition coefficient (Wildman–Crippen LogP) is 0.577. The number of carboxylic acids is 1. The van der Waals surface area contributed by atoms with Gasteiger partial charge in [-0.05, 0) is 25.5 Å². The van der Waals surface area contributed by atoms with E-state index in [0.29, 0.717) is 0 Å². The summed E-state index contributed by atoms with van der Waals surface area (Å²) in [4.78, 5) is 24.1. The van der Waals surface area contributed by atoms with E-state index in [2.05, 4.69) is 0 Å². The summed E-state index contributed by atoms with van der Waals surface area (Å²) in [7, 11) is -3.59. The fourth-order valence-electron chi connectivity index (χ4n) is 2.61. The molecule has 1 aliphatic heterocycles. The zero-order valence-corrected chi connectivity index (χ0v) is 12.4. The third kappa shape index (κ3) is 3.30. The summed E-state index contributed by atoms with van der Waals surface area (Å²) in [6.07, 6.45) is -0.000158. The Labute approximate surface area is 123 Å². The number of rotatable bonds is 5. The summed E-state index contributed by atoms with van der Waals surface area (Å²) in [6, 6.07) is 7.04. The third-order valence-corrected chi connectivity index (χ3v) is 5.73. The van der Waals surface area contributed by atoms with E-state index in [0.717, 1.165) is 0 Å². The lowest BCUT2D eigenvalue weighted by Gasteiger charge is -2.18. The second kappa shape index (κ2) is 5.95. The molecule has 0 saturated carbocycles. The van der Waals surface area contributed by atoms with Gasteiger partial charge in [-0.3, -0.25) is 14.5 Å². The van der Waals surface area contributed by atoms with Crippen LogP contribution in [-0.4, -0.2) is 54.6 Å². The molecule has 1 heterocycles. The highest BCUT2D eigenvalue weighted by molar-refractivity contribution is 7.92. The van der Waals surface area contributed by atoms with E-state index in [-0.39, 0.29) is 30.2 Å². The van der Waals surface area contributed by atoms with Gasteiger partial charge in [0.15, 0.2) is 9.84 Å². The van der Waals surface area contributed by atoms with Crippen molar-refractivity contribution in [1.29, 1.82) is 0 Å². The Morgan fingerprint density at radius 2 is 1.90 bits per heavy atom. The molecule has 0 radical (unpaired) electrons. The first kappa shape index (κ1) is 15.7. The average Bonchev–Trinajstić information content (AvgIpc) is 2.83. The van der Waals surface area contributed by atoms with E-state index < -0.39 is 27.1 Å². The van der Waals surface area contributed by atoms with E-state index in [1.165, 1.54) is 24.0 Å². The summed E-state index contributed by atoms with van der Waals surface area (Å²) >= 11 is 0. The Kier molecular flexibility index (Phi) is 4.43. The van der Waals surface area contributed by atoms with Gasteiger partial charge in [0, 0.05) is 6.54 Å². The van der Waals surface area contributed by atoms with Crippen LogP contribution in [0.15, 0.2) is 35.2 Å². The van der Waals surface area contributed by atoms with Gasteiger partial charge >= 0.3 is 5.97 Å². The minimum Gasteiger partial charge on any atom is -0.480 e. The maximum atomic E-state index is 12.5. The molecule has 0 aliphatic carbocycles. The number of Topliss-reactive ketones (excluding diaryl/α,β-unsaturated/α-hetero) is 1. The molecule has 1 saturated heterocycles. The van der Waals surface area contributed by atoms with E-state index in [9.17, 15) is 23.1 Å². The highest BCUT2D eigenvalue weighted by Gasteiger charge is 2.43. The zero-order valence-electron chi connectivity index (χ0n) is 11.6. The van der Waals surface area contributed by atoms with Gasteiger partial charge in [0.2, 0.25) is 0 Å². The second-order valence-electron chi connectivity index (χ2n) is 5.20.